The Morgan fingerprint density at radius 1 is 1.25 bits per heavy atom. The molecule has 2 aliphatic carbocycles. The number of fused-ring (bicyclic) bond motifs is 1. The van der Waals surface area contributed by atoms with Crippen molar-refractivity contribution in [3.8, 4) is 0 Å². The van der Waals surface area contributed by atoms with E-state index in [4.69, 9.17) is 5.73 Å². The molecule has 0 aromatic heterocycles. The lowest BCUT2D eigenvalue weighted by molar-refractivity contribution is 0.393. The molecule has 2 saturated carbocycles. The van der Waals surface area contributed by atoms with Gasteiger partial charge in [0.2, 0.25) is 0 Å². The number of benzene rings is 1. The van der Waals surface area contributed by atoms with E-state index in [1.807, 2.05) is 13.0 Å². The molecule has 0 aliphatic heterocycles. The number of aryl methyl sites for hydroxylation is 1. The number of halogens is 1. The lowest BCUT2D eigenvalue weighted by Gasteiger charge is -2.21. The first-order valence-corrected chi connectivity index (χ1v) is 6.17. The standard InChI is InChI=1S/C14H18FN/c1-8-2-3-13(15)12(4-8)14(16)11-6-9-5-10(9)7-11/h2-4,9-11,14H,5-7,16H2,1H3. The van der Waals surface area contributed by atoms with E-state index in [0.717, 1.165) is 17.4 Å². The van der Waals surface area contributed by atoms with Crippen LogP contribution in [0.4, 0.5) is 4.39 Å². The minimum atomic E-state index is -0.140. The van der Waals surface area contributed by atoms with E-state index >= 15 is 0 Å². The molecule has 0 amide bonds. The zero-order valence-corrected chi connectivity index (χ0v) is 9.62. The van der Waals surface area contributed by atoms with Gasteiger partial charge in [0.15, 0.2) is 0 Å². The molecule has 2 fully saturated rings. The van der Waals surface area contributed by atoms with Crippen LogP contribution in [0, 0.1) is 30.5 Å². The summed E-state index contributed by atoms with van der Waals surface area (Å²) < 4.78 is 13.7. The van der Waals surface area contributed by atoms with E-state index in [1.165, 1.54) is 19.3 Å². The third-order valence-corrected chi connectivity index (χ3v) is 4.30. The summed E-state index contributed by atoms with van der Waals surface area (Å²) in [5.41, 5.74) is 8.02. The first-order valence-electron chi connectivity index (χ1n) is 6.17. The summed E-state index contributed by atoms with van der Waals surface area (Å²) >= 11 is 0. The number of nitrogens with two attached hydrogens (primary N) is 1. The third-order valence-electron chi connectivity index (χ3n) is 4.30. The molecule has 1 aromatic rings. The van der Waals surface area contributed by atoms with Crippen LogP contribution in [-0.4, -0.2) is 0 Å². The Balaban J connectivity index is 1.82. The van der Waals surface area contributed by atoms with Crippen LogP contribution in [0.3, 0.4) is 0 Å². The Labute approximate surface area is 95.8 Å². The van der Waals surface area contributed by atoms with Crippen molar-refractivity contribution in [3.63, 3.8) is 0 Å². The fourth-order valence-electron chi connectivity index (χ4n) is 3.23. The highest BCUT2D eigenvalue weighted by Crippen LogP contribution is 2.56. The molecule has 86 valence electrons. The van der Waals surface area contributed by atoms with Crippen LogP contribution in [-0.2, 0) is 0 Å². The van der Waals surface area contributed by atoms with Gasteiger partial charge < -0.3 is 5.73 Å². The molecular formula is C14H18FN. The molecule has 2 N–H and O–H groups in total. The van der Waals surface area contributed by atoms with Crippen LogP contribution >= 0.6 is 0 Å². The van der Waals surface area contributed by atoms with Crippen molar-refractivity contribution in [2.45, 2.75) is 32.2 Å². The third kappa shape index (κ3) is 1.65. The molecule has 0 radical (unpaired) electrons. The average Bonchev–Trinajstić information content (AvgIpc) is 2.88. The van der Waals surface area contributed by atoms with Crippen molar-refractivity contribution in [2.75, 3.05) is 0 Å². The lowest BCUT2D eigenvalue weighted by atomic mass is 9.89. The Bertz CT molecular complexity index is 405. The number of hydrogen-bond donors (Lipinski definition) is 1. The van der Waals surface area contributed by atoms with Gasteiger partial charge in [-0.1, -0.05) is 17.7 Å². The number of rotatable bonds is 2. The van der Waals surface area contributed by atoms with Gasteiger partial charge in [-0.3, -0.25) is 0 Å². The van der Waals surface area contributed by atoms with E-state index < -0.39 is 0 Å². The predicted octanol–water partition coefficient (Wildman–Crippen LogP) is 3.18. The second-order valence-corrected chi connectivity index (χ2v) is 5.54. The van der Waals surface area contributed by atoms with E-state index in [-0.39, 0.29) is 11.9 Å². The molecule has 2 aliphatic rings. The van der Waals surface area contributed by atoms with Gasteiger partial charge in [-0.05, 0) is 50.0 Å². The average molecular weight is 219 g/mol. The van der Waals surface area contributed by atoms with Crippen LogP contribution in [0.15, 0.2) is 18.2 Å². The summed E-state index contributed by atoms with van der Waals surface area (Å²) in [6.07, 6.45) is 3.80. The van der Waals surface area contributed by atoms with Gasteiger partial charge >= 0.3 is 0 Å². The van der Waals surface area contributed by atoms with E-state index in [9.17, 15) is 4.39 Å². The fraction of sp³-hybridized carbons (Fsp3) is 0.571. The Kier molecular flexibility index (Phi) is 2.28. The van der Waals surface area contributed by atoms with Crippen molar-refractivity contribution >= 4 is 0 Å². The van der Waals surface area contributed by atoms with E-state index in [1.54, 1.807) is 12.1 Å². The Morgan fingerprint density at radius 3 is 2.62 bits per heavy atom. The molecule has 0 spiro atoms. The van der Waals surface area contributed by atoms with E-state index in [2.05, 4.69) is 0 Å². The van der Waals surface area contributed by atoms with Gasteiger partial charge in [0, 0.05) is 11.6 Å². The van der Waals surface area contributed by atoms with Crippen LogP contribution in [0.25, 0.3) is 0 Å². The molecule has 16 heavy (non-hydrogen) atoms. The molecule has 3 unspecified atom stereocenters. The van der Waals surface area contributed by atoms with Gasteiger partial charge in [0.05, 0.1) is 0 Å². The number of hydrogen-bond acceptors (Lipinski definition) is 1. The first-order chi connectivity index (χ1) is 7.65. The summed E-state index contributed by atoms with van der Waals surface area (Å²) in [5.74, 6) is 2.17. The lowest BCUT2D eigenvalue weighted by Crippen LogP contribution is -2.21. The van der Waals surface area contributed by atoms with Crippen LogP contribution in [0.5, 0.6) is 0 Å². The van der Waals surface area contributed by atoms with Gasteiger partial charge in [0.1, 0.15) is 5.82 Å². The monoisotopic (exact) mass is 219 g/mol. The van der Waals surface area contributed by atoms with Gasteiger partial charge in [0.25, 0.3) is 0 Å². The first kappa shape index (κ1) is 10.3. The molecule has 1 aromatic carbocycles. The molecule has 3 atom stereocenters. The van der Waals surface area contributed by atoms with Crippen molar-refractivity contribution < 1.29 is 4.39 Å². The Morgan fingerprint density at radius 2 is 1.94 bits per heavy atom. The zero-order chi connectivity index (χ0) is 11.3. The summed E-state index contributed by atoms with van der Waals surface area (Å²) in [7, 11) is 0. The highest BCUT2D eigenvalue weighted by atomic mass is 19.1. The van der Waals surface area contributed by atoms with Crippen LogP contribution in [0.1, 0.15) is 36.4 Å². The van der Waals surface area contributed by atoms with Crippen molar-refractivity contribution in [1.82, 2.24) is 0 Å². The molecule has 0 saturated heterocycles. The zero-order valence-electron chi connectivity index (χ0n) is 9.62. The van der Waals surface area contributed by atoms with E-state index in [0.29, 0.717) is 11.5 Å². The van der Waals surface area contributed by atoms with Crippen molar-refractivity contribution in [2.24, 2.45) is 23.5 Å². The van der Waals surface area contributed by atoms with Gasteiger partial charge in [-0.2, -0.15) is 0 Å². The van der Waals surface area contributed by atoms with Crippen LogP contribution in [0.2, 0.25) is 0 Å². The van der Waals surface area contributed by atoms with Gasteiger partial charge in [-0.25, -0.2) is 4.39 Å². The normalized spacial score (nSPS) is 33.6. The molecular weight excluding hydrogens is 201 g/mol. The smallest absolute Gasteiger partial charge is 0.127 e. The van der Waals surface area contributed by atoms with Gasteiger partial charge in [-0.15, -0.1) is 0 Å². The maximum absolute atomic E-state index is 13.7. The SMILES string of the molecule is Cc1ccc(F)c(C(N)C2CC3CC3C2)c1. The fourth-order valence-corrected chi connectivity index (χ4v) is 3.23. The quantitative estimate of drug-likeness (QED) is 0.812. The molecule has 3 rings (SSSR count). The van der Waals surface area contributed by atoms with Crippen molar-refractivity contribution in [3.05, 3.63) is 35.1 Å². The highest BCUT2D eigenvalue weighted by molar-refractivity contribution is 5.27. The predicted molar refractivity (Wildman–Crippen MR) is 62.4 cm³/mol. The largest absolute Gasteiger partial charge is 0.324 e. The second-order valence-electron chi connectivity index (χ2n) is 5.54. The molecule has 1 nitrogen and oxygen atoms in total. The summed E-state index contributed by atoms with van der Waals surface area (Å²) in [6.45, 7) is 1.99. The maximum atomic E-state index is 13.7. The maximum Gasteiger partial charge on any atom is 0.127 e. The molecule has 2 heteroatoms. The second kappa shape index (κ2) is 3.56. The van der Waals surface area contributed by atoms with Crippen LogP contribution < -0.4 is 5.73 Å². The minimum absolute atomic E-state index is 0.104. The Hall–Kier alpha value is -0.890. The summed E-state index contributed by atoms with van der Waals surface area (Å²) in [5, 5.41) is 0. The summed E-state index contributed by atoms with van der Waals surface area (Å²) in [4.78, 5) is 0. The highest BCUT2D eigenvalue weighted by Gasteiger charge is 2.47. The summed E-state index contributed by atoms with van der Waals surface area (Å²) in [6, 6.07) is 5.15. The molecule has 0 heterocycles. The minimum Gasteiger partial charge on any atom is -0.324 e. The molecule has 0 bridgehead atoms. The van der Waals surface area contributed by atoms with Crippen molar-refractivity contribution in [1.29, 1.82) is 0 Å². The topological polar surface area (TPSA) is 26.0 Å².